The van der Waals surface area contributed by atoms with Gasteiger partial charge in [0.15, 0.2) is 0 Å². The van der Waals surface area contributed by atoms with E-state index < -0.39 is 0 Å². The highest BCUT2D eigenvalue weighted by molar-refractivity contribution is 4.51. The van der Waals surface area contributed by atoms with E-state index in [0.717, 1.165) is 0 Å². The summed E-state index contributed by atoms with van der Waals surface area (Å²) in [6, 6.07) is 0. The van der Waals surface area contributed by atoms with Crippen molar-refractivity contribution >= 4 is 0 Å². The minimum absolute atomic E-state index is 1.25. The Hall–Kier alpha value is -0.520. The Bertz CT molecular complexity index is 21.2. The maximum atomic E-state index is 3.36. The molecule has 0 saturated carbocycles. The highest BCUT2D eigenvalue weighted by atomic mass is 13.4. The minimum atomic E-state index is 1.25. The second kappa shape index (κ2) is 88.8. The molecular formula is C8H18. The second-order valence-electron chi connectivity index (χ2n) is 1.12. The molecular weight excluding hydrogens is 96.1 g/mol. The third-order valence-corrected chi connectivity index (χ3v) is 0. The van der Waals surface area contributed by atoms with Crippen LogP contribution >= 0.6 is 0 Å². The van der Waals surface area contributed by atoms with Crippen LogP contribution in [0.3, 0.4) is 0 Å². The van der Waals surface area contributed by atoms with E-state index in [4.69, 9.17) is 0 Å². The van der Waals surface area contributed by atoms with Gasteiger partial charge in [0.2, 0.25) is 0 Å². The number of allylic oxidation sites excluding steroid dienone is 1. The van der Waals surface area contributed by atoms with Crippen LogP contribution in [-0.4, -0.2) is 0 Å². The van der Waals surface area contributed by atoms with Gasteiger partial charge in [0.1, 0.15) is 0 Å². The first-order valence-electron chi connectivity index (χ1n) is 2.90. The third-order valence-electron chi connectivity index (χ3n) is 0. The molecule has 50 valence electrons. The highest BCUT2D eigenvalue weighted by Crippen LogP contribution is 1.56. The molecule has 0 bridgehead atoms. The quantitative estimate of drug-likeness (QED) is 0.423. The molecule has 0 aliphatic rings. The van der Waals surface area contributed by atoms with E-state index in [2.05, 4.69) is 33.6 Å². The van der Waals surface area contributed by atoms with Gasteiger partial charge in [-0.15, -0.1) is 19.7 Å². The van der Waals surface area contributed by atoms with Crippen molar-refractivity contribution in [3.05, 3.63) is 25.8 Å². The van der Waals surface area contributed by atoms with Crippen LogP contribution in [0.25, 0.3) is 0 Å². The summed E-state index contributed by atoms with van der Waals surface area (Å²) in [5, 5.41) is 0. The Kier molecular flexibility index (Phi) is 174. The zero-order valence-electron chi connectivity index (χ0n) is 6.41. The lowest BCUT2D eigenvalue weighted by Crippen LogP contribution is -1.27. The molecule has 0 heterocycles. The summed E-state index contributed by atoms with van der Waals surface area (Å²) in [4.78, 5) is 0. The van der Waals surface area contributed by atoms with E-state index in [1.165, 1.54) is 6.42 Å². The van der Waals surface area contributed by atoms with Gasteiger partial charge in [-0.1, -0.05) is 26.3 Å². The van der Waals surface area contributed by atoms with Crippen molar-refractivity contribution in [2.45, 2.75) is 27.2 Å². The van der Waals surface area contributed by atoms with Crippen LogP contribution in [0.5, 0.6) is 0 Å². The number of hydrogen-bond donors (Lipinski definition) is 0. The monoisotopic (exact) mass is 114 g/mol. The molecule has 0 atom stereocenters. The van der Waals surface area contributed by atoms with Gasteiger partial charge in [-0.2, -0.15) is 0 Å². The molecule has 0 aliphatic heterocycles. The largest absolute Gasteiger partial charge is 0.106 e. The lowest BCUT2D eigenvalue weighted by molar-refractivity contribution is 1.09. The summed E-state index contributed by atoms with van der Waals surface area (Å²) in [5.41, 5.74) is 0. The van der Waals surface area contributed by atoms with E-state index in [9.17, 15) is 0 Å². The Balaban J connectivity index is -0.0000000483. The fraction of sp³-hybridized carbons (Fsp3) is 0.500. The zero-order valence-corrected chi connectivity index (χ0v) is 6.41. The minimum Gasteiger partial charge on any atom is -0.106 e. The van der Waals surface area contributed by atoms with Gasteiger partial charge in [0.05, 0.1) is 0 Å². The van der Waals surface area contributed by atoms with Crippen molar-refractivity contribution in [2.24, 2.45) is 0 Å². The maximum absolute atomic E-state index is 3.36. The molecule has 0 aromatic heterocycles. The van der Waals surface area contributed by atoms with E-state index in [-0.39, 0.29) is 0 Å². The molecule has 0 N–H and O–H groups in total. The summed E-state index contributed by atoms with van der Waals surface area (Å²) in [6.07, 6.45) is 3.00. The fourth-order valence-corrected chi connectivity index (χ4v) is 0. The molecule has 0 saturated heterocycles. The van der Waals surface area contributed by atoms with Crippen molar-refractivity contribution in [2.75, 3.05) is 0 Å². The predicted molar refractivity (Wildman–Crippen MR) is 43.1 cm³/mol. The molecule has 0 unspecified atom stereocenters. The van der Waals surface area contributed by atoms with Crippen LogP contribution in [0, 0.1) is 0 Å². The first kappa shape index (κ1) is 15.6. The number of hydrogen-bond acceptors (Lipinski definition) is 0. The Morgan fingerprint density at radius 1 is 1.25 bits per heavy atom. The maximum Gasteiger partial charge on any atom is -0.0473 e. The van der Waals surface area contributed by atoms with Gasteiger partial charge in [0, 0.05) is 0 Å². The van der Waals surface area contributed by atoms with E-state index in [1.807, 2.05) is 6.92 Å². The first-order chi connectivity index (χ1) is 3.83. The van der Waals surface area contributed by atoms with Gasteiger partial charge in [-0.3, -0.25) is 0 Å². The Labute approximate surface area is 53.9 Å². The van der Waals surface area contributed by atoms with E-state index in [1.54, 1.807) is 6.08 Å². The summed E-state index contributed by atoms with van der Waals surface area (Å²) < 4.78 is 0. The molecule has 0 fully saturated rings. The third kappa shape index (κ3) is 407. The zero-order chi connectivity index (χ0) is 7.41. The van der Waals surface area contributed by atoms with Crippen molar-refractivity contribution in [1.29, 1.82) is 0 Å². The van der Waals surface area contributed by atoms with Crippen molar-refractivity contribution in [3.63, 3.8) is 0 Å². The standard InChI is InChI=1S/C3H8.C3H6.C2H4/c2*1-3-2;1-2/h3H2,1-2H3;3H,1H2,2H3;1-2H2. The fourth-order valence-electron chi connectivity index (χ4n) is 0. The second-order valence-corrected chi connectivity index (χ2v) is 1.12. The van der Waals surface area contributed by atoms with Crippen molar-refractivity contribution in [1.82, 2.24) is 0 Å². The van der Waals surface area contributed by atoms with Crippen molar-refractivity contribution < 1.29 is 0 Å². The molecule has 0 spiro atoms. The van der Waals surface area contributed by atoms with Crippen LogP contribution < -0.4 is 0 Å². The van der Waals surface area contributed by atoms with Gasteiger partial charge in [-0.05, 0) is 6.92 Å². The smallest absolute Gasteiger partial charge is 0.0473 e. The first-order valence-corrected chi connectivity index (χ1v) is 2.90. The van der Waals surface area contributed by atoms with E-state index in [0.29, 0.717) is 0 Å². The lowest BCUT2D eigenvalue weighted by Gasteiger charge is -1.48. The Morgan fingerprint density at radius 2 is 1.25 bits per heavy atom. The molecule has 0 aromatic carbocycles. The van der Waals surface area contributed by atoms with Gasteiger partial charge < -0.3 is 0 Å². The van der Waals surface area contributed by atoms with Crippen LogP contribution in [0.15, 0.2) is 25.8 Å². The van der Waals surface area contributed by atoms with Crippen LogP contribution in [0.2, 0.25) is 0 Å². The van der Waals surface area contributed by atoms with E-state index >= 15 is 0 Å². The van der Waals surface area contributed by atoms with Crippen LogP contribution in [0.1, 0.15) is 27.2 Å². The molecule has 8 heavy (non-hydrogen) atoms. The van der Waals surface area contributed by atoms with Crippen molar-refractivity contribution in [3.8, 4) is 0 Å². The molecule has 0 nitrogen and oxygen atoms in total. The average Bonchev–Trinajstić information content (AvgIpc) is 1.75. The summed E-state index contributed by atoms with van der Waals surface area (Å²) in [7, 11) is 0. The molecule has 0 heteroatoms. The molecule has 0 amide bonds. The normalized spacial score (nSPS) is 4.38. The molecule has 0 aliphatic carbocycles. The molecule has 0 rings (SSSR count). The topological polar surface area (TPSA) is 0 Å². The predicted octanol–water partition coefficient (Wildman–Crippen LogP) is 3.41. The summed E-state index contributed by atoms with van der Waals surface area (Å²) in [5.74, 6) is 0. The number of rotatable bonds is 0. The lowest BCUT2D eigenvalue weighted by atomic mass is 10.6. The highest BCUT2D eigenvalue weighted by Gasteiger charge is 1.35. The Morgan fingerprint density at radius 3 is 1.25 bits per heavy atom. The molecule has 0 aromatic rings. The van der Waals surface area contributed by atoms with Crippen LogP contribution in [0.4, 0.5) is 0 Å². The van der Waals surface area contributed by atoms with Gasteiger partial charge in [-0.25, -0.2) is 0 Å². The SMILES string of the molecule is C=C.C=CC.CCC. The van der Waals surface area contributed by atoms with Crippen LogP contribution in [-0.2, 0) is 0 Å². The average molecular weight is 114 g/mol. The van der Waals surface area contributed by atoms with Gasteiger partial charge in [0.25, 0.3) is 0 Å². The summed E-state index contributed by atoms with van der Waals surface area (Å²) >= 11 is 0. The molecule has 0 radical (unpaired) electrons. The summed E-state index contributed by atoms with van der Waals surface area (Å²) in [6.45, 7) is 15.5. The van der Waals surface area contributed by atoms with Gasteiger partial charge >= 0.3 is 0 Å².